The molecule has 1 aliphatic rings. The van der Waals surface area contributed by atoms with Crippen LogP contribution in [0.2, 0.25) is 5.02 Å². The average Bonchev–Trinajstić information content (AvgIpc) is 2.72. The molecule has 1 nitrogen and oxygen atoms in total. The van der Waals surface area contributed by atoms with Crippen LogP contribution < -0.4 is 0 Å². The van der Waals surface area contributed by atoms with Gasteiger partial charge in [0.2, 0.25) is 0 Å². The van der Waals surface area contributed by atoms with E-state index in [0.29, 0.717) is 21.0 Å². The Kier molecular flexibility index (Phi) is 11.7. The molecular formula is C22H27BrClF3OS. The Bertz CT molecular complexity index is 738. The van der Waals surface area contributed by atoms with Gasteiger partial charge in [0.05, 0.1) is 11.7 Å². The normalized spacial score (nSPS) is 18.8. The molecule has 0 saturated carbocycles. The summed E-state index contributed by atoms with van der Waals surface area (Å²) in [5.41, 5.74) is 0.414. The van der Waals surface area contributed by atoms with Gasteiger partial charge in [0.25, 0.3) is 0 Å². The summed E-state index contributed by atoms with van der Waals surface area (Å²) in [6.07, 6.45) is -2.85. The molecule has 0 spiro atoms. The first-order chi connectivity index (χ1) is 13.8. The van der Waals surface area contributed by atoms with Crippen LogP contribution in [0, 0.1) is 0 Å². The van der Waals surface area contributed by atoms with Crippen molar-refractivity contribution in [1.82, 2.24) is 0 Å². The summed E-state index contributed by atoms with van der Waals surface area (Å²) in [7, 11) is 0. The van der Waals surface area contributed by atoms with Gasteiger partial charge in [-0.25, -0.2) is 0 Å². The van der Waals surface area contributed by atoms with E-state index in [9.17, 15) is 13.2 Å². The predicted molar refractivity (Wildman–Crippen MR) is 121 cm³/mol. The van der Waals surface area contributed by atoms with E-state index >= 15 is 0 Å². The molecule has 3 rings (SSSR count). The molecule has 0 aliphatic carbocycles. The molecule has 2 atom stereocenters. The Morgan fingerprint density at radius 1 is 1.03 bits per heavy atom. The minimum Gasteiger partial charge on any atom is -0.373 e. The van der Waals surface area contributed by atoms with E-state index in [2.05, 4.69) is 15.9 Å². The molecule has 7 heteroatoms. The average molecular weight is 512 g/mol. The molecule has 0 aromatic heterocycles. The van der Waals surface area contributed by atoms with Gasteiger partial charge < -0.3 is 4.74 Å². The molecule has 0 radical (unpaired) electrons. The van der Waals surface area contributed by atoms with Crippen LogP contribution in [0.5, 0.6) is 0 Å². The highest BCUT2D eigenvalue weighted by Gasteiger charge is 2.32. The molecule has 29 heavy (non-hydrogen) atoms. The van der Waals surface area contributed by atoms with Gasteiger partial charge in [-0.15, -0.1) is 11.8 Å². The van der Waals surface area contributed by atoms with Gasteiger partial charge >= 0.3 is 6.18 Å². The Balaban J connectivity index is 0.000000989. The summed E-state index contributed by atoms with van der Waals surface area (Å²) in [5, 5.41) is 0.854. The molecule has 2 aromatic carbocycles. The number of halogens is 5. The summed E-state index contributed by atoms with van der Waals surface area (Å²) >= 11 is 10.7. The molecule has 0 bridgehead atoms. The number of rotatable bonds is 3. The van der Waals surface area contributed by atoms with E-state index < -0.39 is 11.7 Å². The van der Waals surface area contributed by atoms with Gasteiger partial charge in [-0.05, 0) is 64.7 Å². The van der Waals surface area contributed by atoms with E-state index in [1.807, 2.05) is 52.0 Å². The lowest BCUT2D eigenvalue weighted by atomic mass is 10.0. The van der Waals surface area contributed by atoms with E-state index in [0.717, 1.165) is 24.5 Å². The Morgan fingerprint density at radius 2 is 1.66 bits per heavy atom. The fourth-order valence-corrected chi connectivity index (χ4v) is 4.61. The monoisotopic (exact) mass is 510 g/mol. The number of thioether (sulfide) groups is 1. The van der Waals surface area contributed by atoms with Crippen LogP contribution in [0.3, 0.4) is 0 Å². The molecule has 0 amide bonds. The fourth-order valence-electron chi connectivity index (χ4n) is 2.73. The zero-order chi connectivity index (χ0) is 22.0. The zero-order valence-electron chi connectivity index (χ0n) is 17.0. The van der Waals surface area contributed by atoms with E-state index in [-0.39, 0.29) is 11.4 Å². The Hall–Kier alpha value is -0.690. The molecular weight excluding hydrogens is 485 g/mol. The maximum absolute atomic E-state index is 12.9. The van der Waals surface area contributed by atoms with E-state index in [1.54, 1.807) is 0 Å². The third kappa shape index (κ3) is 8.16. The van der Waals surface area contributed by atoms with Crippen molar-refractivity contribution in [2.24, 2.45) is 0 Å². The van der Waals surface area contributed by atoms with Crippen LogP contribution in [-0.4, -0.2) is 11.9 Å². The quantitative estimate of drug-likeness (QED) is 0.406. The third-order valence-corrected chi connectivity index (χ3v) is 6.59. The van der Waals surface area contributed by atoms with Crippen molar-refractivity contribution in [3.8, 4) is 0 Å². The Labute approximate surface area is 189 Å². The molecule has 1 aliphatic heterocycles. The standard InChI is InChI=1S/C18H15BrClF3OS.2C2H6/c19-15-6-3-12(18(21,22)23)9-17(15)25-14-7-8-24-16(10-14)11-1-4-13(20)5-2-11;2*1-2/h1-6,9,14,16H,7-8,10H2;2*1-2H3. The molecule has 0 N–H and O–H groups in total. The SMILES string of the molecule is CC.CC.FC(F)(F)c1ccc(Br)c(SC2CCOC(c3ccc(Cl)cc3)C2)c1. The third-order valence-electron chi connectivity index (χ3n) is 4.03. The van der Waals surface area contributed by atoms with Crippen LogP contribution in [0.4, 0.5) is 13.2 Å². The van der Waals surface area contributed by atoms with Crippen LogP contribution in [0.1, 0.15) is 57.8 Å². The number of hydrogen-bond donors (Lipinski definition) is 0. The first kappa shape index (κ1) is 26.3. The topological polar surface area (TPSA) is 9.23 Å². The van der Waals surface area contributed by atoms with Crippen molar-refractivity contribution in [1.29, 1.82) is 0 Å². The van der Waals surface area contributed by atoms with Crippen molar-refractivity contribution < 1.29 is 17.9 Å². The van der Waals surface area contributed by atoms with Gasteiger partial charge in [-0.3, -0.25) is 0 Å². The lowest BCUT2D eigenvalue weighted by Crippen LogP contribution is -2.21. The second-order valence-electron chi connectivity index (χ2n) is 5.82. The molecule has 1 saturated heterocycles. The van der Waals surface area contributed by atoms with Crippen molar-refractivity contribution in [2.45, 2.75) is 63.0 Å². The first-order valence-corrected chi connectivity index (χ1v) is 11.8. The van der Waals surface area contributed by atoms with Gasteiger partial charge in [0, 0.05) is 26.2 Å². The summed E-state index contributed by atoms with van der Waals surface area (Å²) < 4.78 is 45.3. The molecule has 1 fully saturated rings. The van der Waals surface area contributed by atoms with Gasteiger partial charge in [-0.2, -0.15) is 13.2 Å². The largest absolute Gasteiger partial charge is 0.416 e. The van der Waals surface area contributed by atoms with Gasteiger partial charge in [0.1, 0.15) is 0 Å². The van der Waals surface area contributed by atoms with Crippen LogP contribution in [0.25, 0.3) is 0 Å². The van der Waals surface area contributed by atoms with Crippen molar-refractivity contribution in [3.05, 3.63) is 63.1 Å². The lowest BCUT2D eigenvalue weighted by molar-refractivity contribution is -0.137. The van der Waals surface area contributed by atoms with Gasteiger partial charge in [0.15, 0.2) is 0 Å². The number of hydrogen-bond acceptors (Lipinski definition) is 2. The minimum atomic E-state index is -4.34. The molecule has 2 unspecified atom stereocenters. The van der Waals surface area contributed by atoms with E-state index in [1.165, 1.54) is 23.9 Å². The number of ether oxygens (including phenoxy) is 1. The molecule has 1 heterocycles. The van der Waals surface area contributed by atoms with Crippen LogP contribution in [0.15, 0.2) is 51.8 Å². The second-order valence-corrected chi connectivity index (χ2v) is 8.45. The molecule has 2 aromatic rings. The maximum atomic E-state index is 12.9. The van der Waals surface area contributed by atoms with E-state index in [4.69, 9.17) is 16.3 Å². The van der Waals surface area contributed by atoms with Gasteiger partial charge in [-0.1, -0.05) is 51.4 Å². The van der Waals surface area contributed by atoms with Crippen LogP contribution >= 0.6 is 39.3 Å². The van der Waals surface area contributed by atoms with Crippen LogP contribution in [-0.2, 0) is 10.9 Å². The highest BCUT2D eigenvalue weighted by Crippen LogP contribution is 2.42. The highest BCUT2D eigenvalue weighted by atomic mass is 79.9. The minimum absolute atomic E-state index is 0.0620. The van der Waals surface area contributed by atoms with Crippen molar-refractivity contribution in [3.63, 3.8) is 0 Å². The Morgan fingerprint density at radius 3 is 2.24 bits per heavy atom. The summed E-state index contributed by atoms with van der Waals surface area (Å²) in [6.45, 7) is 8.58. The maximum Gasteiger partial charge on any atom is 0.416 e. The van der Waals surface area contributed by atoms with Crippen molar-refractivity contribution in [2.75, 3.05) is 6.61 Å². The smallest absolute Gasteiger partial charge is 0.373 e. The second kappa shape index (κ2) is 12.9. The number of alkyl halides is 3. The fraction of sp³-hybridized carbons (Fsp3) is 0.455. The predicted octanol–water partition coefficient (Wildman–Crippen LogP) is 9.19. The highest BCUT2D eigenvalue weighted by molar-refractivity contribution is 9.10. The van der Waals surface area contributed by atoms with Crippen molar-refractivity contribution >= 4 is 39.3 Å². The number of benzene rings is 2. The summed E-state index contributed by atoms with van der Waals surface area (Å²) in [6, 6.07) is 11.3. The molecule has 162 valence electrons. The summed E-state index contributed by atoms with van der Waals surface area (Å²) in [5.74, 6) is 0. The lowest BCUT2D eigenvalue weighted by Gasteiger charge is -2.30. The first-order valence-electron chi connectivity index (χ1n) is 9.73. The summed E-state index contributed by atoms with van der Waals surface area (Å²) in [4.78, 5) is 0.608. The zero-order valence-corrected chi connectivity index (χ0v) is 20.2.